The summed E-state index contributed by atoms with van der Waals surface area (Å²) in [4.78, 5) is 3.21. The first-order valence-electron chi connectivity index (χ1n) is 3.61. The highest BCUT2D eigenvalue weighted by atomic mass is 31.0. The molecule has 0 amide bonds. The van der Waals surface area contributed by atoms with Gasteiger partial charge in [0.25, 0.3) is 0 Å². The lowest BCUT2D eigenvalue weighted by atomic mass is 10.1. The lowest BCUT2D eigenvalue weighted by Crippen LogP contribution is -1.92. The van der Waals surface area contributed by atoms with Gasteiger partial charge in [-0.05, 0) is 23.9 Å². The van der Waals surface area contributed by atoms with Crippen LogP contribution in [-0.2, 0) is 0 Å². The van der Waals surface area contributed by atoms with E-state index in [1.54, 1.807) is 0 Å². The van der Waals surface area contributed by atoms with Crippen molar-refractivity contribution in [3.63, 3.8) is 0 Å². The molecule has 1 atom stereocenters. The van der Waals surface area contributed by atoms with E-state index >= 15 is 0 Å². The van der Waals surface area contributed by atoms with Crippen LogP contribution >= 0.6 is 9.24 Å². The van der Waals surface area contributed by atoms with Crippen molar-refractivity contribution in [2.75, 3.05) is 0 Å². The fourth-order valence-corrected chi connectivity index (χ4v) is 1.66. The molecule has 0 saturated carbocycles. The molecule has 1 N–H and O–H groups in total. The van der Waals surface area contributed by atoms with Crippen LogP contribution in [0.15, 0.2) is 24.4 Å². The molecule has 2 rings (SSSR count). The molecule has 1 nitrogen and oxygen atoms in total. The molecule has 0 aliphatic heterocycles. The molecular weight excluding hydrogens is 153 g/mol. The quantitative estimate of drug-likeness (QED) is 0.571. The average molecular weight is 163 g/mol. The molecule has 1 unspecified atom stereocenters. The van der Waals surface area contributed by atoms with E-state index in [1.807, 2.05) is 6.20 Å². The second-order valence-corrected chi connectivity index (χ2v) is 3.36. The third kappa shape index (κ3) is 0.965. The maximum Gasteiger partial charge on any atom is 0.0529 e. The van der Waals surface area contributed by atoms with Crippen LogP contribution in [0.1, 0.15) is 5.56 Å². The summed E-state index contributed by atoms with van der Waals surface area (Å²) in [6.45, 7) is 2.13. The fourth-order valence-electron chi connectivity index (χ4n) is 1.32. The first-order valence-corrected chi connectivity index (χ1v) is 4.19. The summed E-state index contributed by atoms with van der Waals surface area (Å²) < 4.78 is 0. The Bertz CT molecular complexity index is 353. The smallest absolute Gasteiger partial charge is 0.0529 e. The van der Waals surface area contributed by atoms with E-state index < -0.39 is 0 Å². The van der Waals surface area contributed by atoms with E-state index in [9.17, 15) is 0 Å². The minimum absolute atomic E-state index is 1.23. The molecule has 0 fully saturated rings. The van der Waals surface area contributed by atoms with Gasteiger partial charge in [0.05, 0.1) is 5.52 Å². The average Bonchev–Trinajstić information content (AvgIpc) is 2.45. The van der Waals surface area contributed by atoms with Crippen LogP contribution in [-0.4, -0.2) is 4.98 Å². The molecule has 2 heteroatoms. The molecule has 1 heterocycles. The summed E-state index contributed by atoms with van der Waals surface area (Å²) in [6.07, 6.45) is 1.98. The molecule has 0 bridgehead atoms. The summed E-state index contributed by atoms with van der Waals surface area (Å²) in [7, 11) is 2.73. The van der Waals surface area contributed by atoms with Crippen molar-refractivity contribution < 1.29 is 0 Å². The molecular formula is C9H10NP. The number of nitrogens with one attached hydrogen (secondary N) is 1. The van der Waals surface area contributed by atoms with Gasteiger partial charge < -0.3 is 4.98 Å². The highest BCUT2D eigenvalue weighted by Gasteiger charge is 1.99. The Morgan fingerprint density at radius 3 is 2.82 bits per heavy atom. The first-order chi connectivity index (χ1) is 5.29. The standard InChI is InChI=1S/C9H10NP/c1-6-2-3-8(11)9-7(6)4-5-10-9/h2-5,10H,11H2,1H3. The van der Waals surface area contributed by atoms with E-state index in [4.69, 9.17) is 0 Å². The Morgan fingerprint density at radius 1 is 1.27 bits per heavy atom. The highest BCUT2D eigenvalue weighted by molar-refractivity contribution is 7.28. The van der Waals surface area contributed by atoms with Crippen LogP contribution in [0, 0.1) is 6.92 Å². The predicted octanol–water partition coefficient (Wildman–Crippen LogP) is 1.98. The Kier molecular flexibility index (Phi) is 1.47. The molecule has 0 radical (unpaired) electrons. The van der Waals surface area contributed by atoms with Gasteiger partial charge in [0.2, 0.25) is 0 Å². The second-order valence-electron chi connectivity index (χ2n) is 2.74. The number of hydrogen-bond donors (Lipinski definition) is 1. The van der Waals surface area contributed by atoms with E-state index in [-0.39, 0.29) is 0 Å². The zero-order chi connectivity index (χ0) is 7.84. The summed E-state index contributed by atoms with van der Waals surface area (Å²) >= 11 is 0. The Balaban J connectivity index is 2.96. The molecule has 1 aromatic carbocycles. The Morgan fingerprint density at radius 2 is 2.09 bits per heavy atom. The first kappa shape index (κ1) is 6.87. The molecule has 2 aromatic rings. The highest BCUT2D eigenvalue weighted by Crippen LogP contribution is 2.15. The maximum atomic E-state index is 3.21. The molecule has 0 aliphatic rings. The van der Waals surface area contributed by atoms with Crippen LogP contribution in [0.4, 0.5) is 0 Å². The van der Waals surface area contributed by atoms with E-state index in [1.165, 1.54) is 21.8 Å². The second kappa shape index (κ2) is 2.35. The number of hydrogen-bond acceptors (Lipinski definition) is 0. The van der Waals surface area contributed by atoms with Crippen LogP contribution in [0.2, 0.25) is 0 Å². The molecule has 1 aromatic heterocycles. The summed E-state index contributed by atoms with van der Waals surface area (Å²) in [5.41, 5.74) is 2.56. The van der Waals surface area contributed by atoms with Gasteiger partial charge in [-0.2, -0.15) is 0 Å². The van der Waals surface area contributed by atoms with Gasteiger partial charge in [-0.3, -0.25) is 0 Å². The van der Waals surface area contributed by atoms with Crippen molar-refractivity contribution in [2.24, 2.45) is 0 Å². The summed E-state index contributed by atoms with van der Waals surface area (Å²) in [5, 5.41) is 2.55. The van der Waals surface area contributed by atoms with Crippen LogP contribution in [0.5, 0.6) is 0 Å². The monoisotopic (exact) mass is 163 g/mol. The van der Waals surface area contributed by atoms with Crippen molar-refractivity contribution in [2.45, 2.75) is 6.92 Å². The normalized spacial score (nSPS) is 10.7. The lowest BCUT2D eigenvalue weighted by Gasteiger charge is -1.98. The van der Waals surface area contributed by atoms with Gasteiger partial charge in [-0.25, -0.2) is 0 Å². The van der Waals surface area contributed by atoms with Crippen molar-refractivity contribution in [3.8, 4) is 0 Å². The molecule has 11 heavy (non-hydrogen) atoms. The number of aromatic amines is 1. The largest absolute Gasteiger partial charge is 0.361 e. The van der Waals surface area contributed by atoms with Crippen molar-refractivity contribution in [1.82, 2.24) is 4.98 Å². The van der Waals surface area contributed by atoms with Gasteiger partial charge in [0.1, 0.15) is 0 Å². The van der Waals surface area contributed by atoms with E-state index in [0.29, 0.717) is 0 Å². The molecule has 0 aliphatic carbocycles. The molecule has 0 spiro atoms. The van der Waals surface area contributed by atoms with Crippen LogP contribution < -0.4 is 5.30 Å². The third-order valence-electron chi connectivity index (χ3n) is 1.97. The van der Waals surface area contributed by atoms with Crippen molar-refractivity contribution in [3.05, 3.63) is 30.0 Å². The van der Waals surface area contributed by atoms with Gasteiger partial charge in [0.15, 0.2) is 0 Å². The Labute approximate surface area is 68.0 Å². The summed E-state index contributed by atoms with van der Waals surface area (Å²) in [6, 6.07) is 6.36. The minimum atomic E-state index is 1.23. The zero-order valence-electron chi connectivity index (χ0n) is 6.39. The summed E-state index contributed by atoms with van der Waals surface area (Å²) in [5.74, 6) is 0. The van der Waals surface area contributed by atoms with Gasteiger partial charge in [-0.1, -0.05) is 12.1 Å². The van der Waals surface area contributed by atoms with Crippen LogP contribution in [0.25, 0.3) is 10.9 Å². The van der Waals surface area contributed by atoms with Crippen LogP contribution in [0.3, 0.4) is 0 Å². The Hall–Kier alpha value is -0.810. The predicted molar refractivity (Wildman–Crippen MR) is 52.4 cm³/mol. The molecule has 0 saturated heterocycles. The number of H-pyrrole nitrogens is 1. The fraction of sp³-hybridized carbons (Fsp3) is 0.111. The lowest BCUT2D eigenvalue weighted by molar-refractivity contribution is 1.48. The van der Waals surface area contributed by atoms with Gasteiger partial charge >= 0.3 is 0 Å². The number of benzene rings is 1. The maximum absolute atomic E-state index is 3.21. The number of aromatic nitrogens is 1. The SMILES string of the molecule is Cc1ccc(P)c2[nH]ccc12. The number of fused-ring (bicyclic) bond motifs is 1. The van der Waals surface area contributed by atoms with E-state index in [2.05, 4.69) is 39.3 Å². The zero-order valence-corrected chi connectivity index (χ0v) is 7.54. The van der Waals surface area contributed by atoms with Gasteiger partial charge in [0, 0.05) is 11.6 Å². The topological polar surface area (TPSA) is 15.8 Å². The van der Waals surface area contributed by atoms with Crippen molar-refractivity contribution in [1.29, 1.82) is 0 Å². The minimum Gasteiger partial charge on any atom is -0.361 e. The van der Waals surface area contributed by atoms with Crippen molar-refractivity contribution >= 4 is 25.4 Å². The number of aryl methyl sites for hydroxylation is 1. The molecule has 56 valence electrons. The van der Waals surface area contributed by atoms with Gasteiger partial charge in [-0.15, -0.1) is 9.24 Å². The third-order valence-corrected chi connectivity index (χ3v) is 2.45. The van der Waals surface area contributed by atoms with E-state index in [0.717, 1.165) is 0 Å². The number of rotatable bonds is 0.